The average molecular weight is 558 g/mol. The Morgan fingerprint density at radius 3 is 2.44 bits per heavy atom. The van der Waals surface area contributed by atoms with Crippen molar-refractivity contribution in [2.75, 3.05) is 19.7 Å². The van der Waals surface area contributed by atoms with Gasteiger partial charge in [0, 0.05) is 21.1 Å². The normalized spacial score (nSPS) is 23.9. The van der Waals surface area contributed by atoms with E-state index in [1.54, 1.807) is 0 Å². The first-order chi connectivity index (χ1) is 15.5. The summed E-state index contributed by atoms with van der Waals surface area (Å²) >= 11 is 22.1. The smallest absolute Gasteiger partial charge is 0.122 e. The van der Waals surface area contributed by atoms with Gasteiger partial charge in [0.05, 0.1) is 18.2 Å². The Hall–Kier alpha value is -0.850. The molecular formula is C25H25BrCl3NO2. The second-order valence-corrected chi connectivity index (χ2v) is 10.3. The van der Waals surface area contributed by atoms with Gasteiger partial charge in [-0.25, -0.2) is 0 Å². The molecule has 0 spiro atoms. The summed E-state index contributed by atoms with van der Waals surface area (Å²) in [5.41, 5.74) is 2.74. The highest BCUT2D eigenvalue weighted by Crippen LogP contribution is 2.39. The van der Waals surface area contributed by atoms with Crippen LogP contribution in [0.3, 0.4) is 0 Å². The zero-order valence-electron chi connectivity index (χ0n) is 17.6. The highest BCUT2D eigenvalue weighted by molar-refractivity contribution is 9.10. The van der Waals surface area contributed by atoms with Gasteiger partial charge >= 0.3 is 0 Å². The van der Waals surface area contributed by atoms with Gasteiger partial charge in [0.1, 0.15) is 11.7 Å². The van der Waals surface area contributed by atoms with Crippen molar-refractivity contribution in [1.82, 2.24) is 5.32 Å². The SMILES string of the molecule is ClC1=C(Cl)CCC(COC2CNCCC2(OCc2ccc(Br)cc2)c2ccc(Cl)cc2)=C1. The van der Waals surface area contributed by atoms with E-state index in [1.807, 2.05) is 42.5 Å². The van der Waals surface area contributed by atoms with Gasteiger partial charge < -0.3 is 14.8 Å². The minimum absolute atomic E-state index is 0.172. The third-order valence-electron chi connectivity index (χ3n) is 5.99. The summed E-state index contributed by atoms with van der Waals surface area (Å²) in [6.45, 7) is 2.52. The fourth-order valence-corrected chi connectivity index (χ4v) is 4.96. The number of nitrogens with one attached hydrogen (secondary N) is 1. The maximum absolute atomic E-state index is 6.71. The fraction of sp³-hybridized carbons (Fsp3) is 0.360. The van der Waals surface area contributed by atoms with Crippen LogP contribution in [0.5, 0.6) is 0 Å². The summed E-state index contributed by atoms with van der Waals surface area (Å²) in [5, 5.41) is 5.49. The van der Waals surface area contributed by atoms with E-state index in [1.165, 1.54) is 0 Å². The molecule has 1 saturated heterocycles. The van der Waals surface area contributed by atoms with E-state index in [0.717, 1.165) is 47.0 Å². The molecule has 2 aromatic rings. The molecule has 0 radical (unpaired) electrons. The van der Waals surface area contributed by atoms with Crippen molar-refractivity contribution in [2.45, 2.75) is 37.6 Å². The summed E-state index contributed by atoms with van der Waals surface area (Å²) < 4.78 is 14.3. The van der Waals surface area contributed by atoms with Crippen LogP contribution in [-0.2, 0) is 21.7 Å². The monoisotopic (exact) mass is 555 g/mol. The Bertz CT molecular complexity index is 991. The van der Waals surface area contributed by atoms with Crippen molar-refractivity contribution in [3.05, 3.63) is 90.9 Å². The van der Waals surface area contributed by atoms with Crippen LogP contribution in [0.4, 0.5) is 0 Å². The number of rotatable bonds is 7. The van der Waals surface area contributed by atoms with Crippen LogP contribution in [-0.4, -0.2) is 25.8 Å². The molecule has 1 N–H and O–H groups in total. The van der Waals surface area contributed by atoms with Crippen LogP contribution in [0.15, 0.2) is 74.7 Å². The summed E-state index contributed by atoms with van der Waals surface area (Å²) in [4.78, 5) is 0. The molecular weight excluding hydrogens is 533 g/mol. The minimum atomic E-state index is -0.588. The maximum atomic E-state index is 6.71. The van der Waals surface area contributed by atoms with Gasteiger partial charge in [0.2, 0.25) is 0 Å². The van der Waals surface area contributed by atoms with Gasteiger partial charge in [-0.15, -0.1) is 0 Å². The first-order valence-corrected chi connectivity index (χ1v) is 12.6. The van der Waals surface area contributed by atoms with Gasteiger partial charge in [-0.3, -0.25) is 0 Å². The lowest BCUT2D eigenvalue weighted by Crippen LogP contribution is -2.54. The van der Waals surface area contributed by atoms with E-state index in [-0.39, 0.29) is 6.10 Å². The fourth-order valence-electron chi connectivity index (χ4n) is 4.17. The predicted molar refractivity (Wildman–Crippen MR) is 135 cm³/mol. The summed E-state index contributed by atoms with van der Waals surface area (Å²) in [7, 11) is 0. The molecule has 0 aromatic heterocycles. The molecule has 0 amide bonds. The zero-order valence-corrected chi connectivity index (χ0v) is 21.4. The van der Waals surface area contributed by atoms with Crippen molar-refractivity contribution >= 4 is 50.7 Å². The molecule has 1 aliphatic carbocycles. The molecule has 0 bridgehead atoms. The Morgan fingerprint density at radius 2 is 1.72 bits per heavy atom. The molecule has 1 aliphatic heterocycles. The van der Waals surface area contributed by atoms with E-state index in [9.17, 15) is 0 Å². The van der Waals surface area contributed by atoms with Crippen molar-refractivity contribution in [1.29, 1.82) is 0 Å². The van der Waals surface area contributed by atoms with Crippen LogP contribution in [0.2, 0.25) is 5.02 Å². The van der Waals surface area contributed by atoms with Crippen molar-refractivity contribution in [3.8, 4) is 0 Å². The molecule has 32 heavy (non-hydrogen) atoms. The van der Waals surface area contributed by atoms with Crippen molar-refractivity contribution in [3.63, 3.8) is 0 Å². The highest BCUT2D eigenvalue weighted by Gasteiger charge is 2.44. The standard InChI is InChI=1S/C25H25BrCl3NO2/c26-20-6-1-17(2-7-20)16-32-25(19-4-8-21(27)9-5-19)11-12-30-14-24(25)31-15-18-3-10-22(28)23(29)13-18/h1-2,4-9,13,24,30H,3,10-12,14-16H2. The number of piperidine rings is 1. The molecule has 4 rings (SSSR count). The lowest BCUT2D eigenvalue weighted by atomic mass is 9.82. The second kappa shape index (κ2) is 11.1. The Balaban J connectivity index is 1.58. The molecule has 1 heterocycles. The van der Waals surface area contributed by atoms with Crippen molar-refractivity contribution < 1.29 is 9.47 Å². The molecule has 2 aliphatic rings. The van der Waals surface area contributed by atoms with E-state index in [2.05, 4.69) is 33.4 Å². The van der Waals surface area contributed by atoms with E-state index in [0.29, 0.717) is 34.8 Å². The molecule has 7 heteroatoms. The molecule has 2 aromatic carbocycles. The lowest BCUT2D eigenvalue weighted by molar-refractivity contribution is -0.169. The van der Waals surface area contributed by atoms with Crippen LogP contribution in [0.25, 0.3) is 0 Å². The quantitative estimate of drug-likeness (QED) is 0.387. The molecule has 1 fully saturated rings. The molecule has 2 unspecified atom stereocenters. The average Bonchev–Trinajstić information content (AvgIpc) is 2.80. The van der Waals surface area contributed by atoms with Crippen LogP contribution in [0, 0.1) is 0 Å². The number of hydrogen-bond donors (Lipinski definition) is 1. The first-order valence-electron chi connectivity index (χ1n) is 10.7. The van der Waals surface area contributed by atoms with E-state index in [4.69, 9.17) is 44.3 Å². The zero-order chi connectivity index (χ0) is 22.6. The first kappa shape index (κ1) is 24.3. The third-order valence-corrected chi connectivity index (χ3v) is 7.60. The molecule has 170 valence electrons. The van der Waals surface area contributed by atoms with Crippen LogP contribution in [0.1, 0.15) is 30.4 Å². The van der Waals surface area contributed by atoms with Gasteiger partial charge in [0.25, 0.3) is 0 Å². The van der Waals surface area contributed by atoms with E-state index >= 15 is 0 Å². The molecule has 0 saturated carbocycles. The number of halogens is 4. The molecule has 3 nitrogen and oxygen atoms in total. The largest absolute Gasteiger partial charge is 0.369 e. The number of benzene rings is 2. The summed E-state index contributed by atoms with van der Waals surface area (Å²) in [6.07, 6.45) is 4.15. The van der Waals surface area contributed by atoms with Crippen LogP contribution >= 0.6 is 50.7 Å². The van der Waals surface area contributed by atoms with Gasteiger partial charge in [-0.05, 0) is 72.8 Å². The third kappa shape index (κ3) is 5.79. The topological polar surface area (TPSA) is 30.5 Å². The molecule has 2 atom stereocenters. The Morgan fingerprint density at radius 1 is 0.969 bits per heavy atom. The Labute approximate surface area is 212 Å². The summed E-state index contributed by atoms with van der Waals surface area (Å²) in [6, 6.07) is 16.1. The lowest BCUT2D eigenvalue weighted by Gasteiger charge is -2.44. The maximum Gasteiger partial charge on any atom is 0.122 e. The minimum Gasteiger partial charge on any atom is -0.369 e. The van der Waals surface area contributed by atoms with Crippen molar-refractivity contribution in [2.24, 2.45) is 0 Å². The van der Waals surface area contributed by atoms with Gasteiger partial charge in [-0.2, -0.15) is 0 Å². The summed E-state index contributed by atoms with van der Waals surface area (Å²) in [5.74, 6) is 0. The van der Waals surface area contributed by atoms with Gasteiger partial charge in [-0.1, -0.05) is 75.0 Å². The highest BCUT2D eigenvalue weighted by atomic mass is 79.9. The number of hydrogen-bond acceptors (Lipinski definition) is 3. The second-order valence-electron chi connectivity index (χ2n) is 8.12. The van der Waals surface area contributed by atoms with Crippen LogP contribution < -0.4 is 5.32 Å². The number of allylic oxidation sites excluding steroid dienone is 3. The predicted octanol–water partition coefficient (Wildman–Crippen LogP) is 7.30. The number of ether oxygens (including phenoxy) is 2. The van der Waals surface area contributed by atoms with E-state index < -0.39 is 5.60 Å². The van der Waals surface area contributed by atoms with Gasteiger partial charge in [0.15, 0.2) is 0 Å². The Kier molecular flexibility index (Phi) is 8.38.